The summed E-state index contributed by atoms with van der Waals surface area (Å²) in [5.41, 5.74) is 2.25. The van der Waals surface area contributed by atoms with Crippen LogP contribution in [0, 0.1) is 17.0 Å². The molecule has 1 N–H and O–H groups in total. The van der Waals surface area contributed by atoms with Gasteiger partial charge in [-0.05, 0) is 52.7 Å². The highest BCUT2D eigenvalue weighted by Gasteiger charge is 2.14. The molecule has 7 heteroatoms. The second kappa shape index (κ2) is 6.77. The van der Waals surface area contributed by atoms with Crippen LogP contribution in [0.3, 0.4) is 0 Å². The molecule has 0 heterocycles. The number of aryl methyl sites for hydroxylation is 1. The number of benzene rings is 2. The third-order valence-electron chi connectivity index (χ3n) is 2.96. The van der Waals surface area contributed by atoms with E-state index in [4.69, 9.17) is 11.6 Å². The van der Waals surface area contributed by atoms with Gasteiger partial charge in [-0.25, -0.2) is 0 Å². The molecule has 110 valence electrons. The lowest BCUT2D eigenvalue weighted by atomic mass is 10.1. The second-order valence-electron chi connectivity index (χ2n) is 4.46. The minimum absolute atomic E-state index is 0.0843. The standard InChI is InChI=1S/C14H11Br2ClN2O2/c1-8-4-11(16)13(6-14(8)19(20)21)18-7-9-5-10(15)2-3-12(9)17/h2-6,18H,7H2,1H3. The van der Waals surface area contributed by atoms with Crippen molar-refractivity contribution in [3.8, 4) is 0 Å². The Morgan fingerprint density at radius 2 is 2.00 bits per heavy atom. The monoisotopic (exact) mass is 432 g/mol. The van der Waals surface area contributed by atoms with Gasteiger partial charge in [0.15, 0.2) is 0 Å². The van der Waals surface area contributed by atoms with Gasteiger partial charge in [0.25, 0.3) is 5.69 Å². The zero-order chi connectivity index (χ0) is 15.6. The van der Waals surface area contributed by atoms with Crippen molar-refractivity contribution in [2.45, 2.75) is 13.5 Å². The van der Waals surface area contributed by atoms with Crippen LogP contribution in [0.4, 0.5) is 11.4 Å². The Hall–Kier alpha value is -1.11. The quantitative estimate of drug-likeness (QED) is 0.497. The van der Waals surface area contributed by atoms with Crippen molar-refractivity contribution in [3.63, 3.8) is 0 Å². The molecule has 0 bridgehead atoms. The van der Waals surface area contributed by atoms with Crippen LogP contribution in [0.2, 0.25) is 5.02 Å². The first-order valence-corrected chi connectivity index (χ1v) is 7.97. The molecule has 2 rings (SSSR count). The van der Waals surface area contributed by atoms with E-state index >= 15 is 0 Å². The fourth-order valence-electron chi connectivity index (χ4n) is 1.86. The van der Waals surface area contributed by atoms with E-state index in [1.54, 1.807) is 19.1 Å². The van der Waals surface area contributed by atoms with Gasteiger partial charge >= 0.3 is 0 Å². The molecule has 0 aliphatic rings. The fraction of sp³-hybridized carbons (Fsp3) is 0.143. The van der Waals surface area contributed by atoms with Crippen LogP contribution in [0.15, 0.2) is 39.3 Å². The normalized spacial score (nSPS) is 10.5. The zero-order valence-electron chi connectivity index (χ0n) is 11.0. The van der Waals surface area contributed by atoms with Crippen LogP contribution in [0.1, 0.15) is 11.1 Å². The van der Waals surface area contributed by atoms with Crippen LogP contribution >= 0.6 is 43.5 Å². The van der Waals surface area contributed by atoms with E-state index in [2.05, 4.69) is 37.2 Å². The number of hydrogen-bond donors (Lipinski definition) is 1. The number of rotatable bonds is 4. The molecule has 0 fully saturated rings. The Labute approximate surface area is 143 Å². The highest BCUT2D eigenvalue weighted by Crippen LogP contribution is 2.31. The first-order valence-electron chi connectivity index (χ1n) is 6.01. The summed E-state index contributed by atoms with van der Waals surface area (Å²) in [5, 5.41) is 14.8. The first kappa shape index (κ1) is 16.3. The van der Waals surface area contributed by atoms with Gasteiger partial charge < -0.3 is 5.32 Å². The Morgan fingerprint density at radius 1 is 1.29 bits per heavy atom. The number of nitro benzene ring substituents is 1. The van der Waals surface area contributed by atoms with Gasteiger partial charge in [0, 0.05) is 32.1 Å². The topological polar surface area (TPSA) is 55.2 Å². The molecule has 0 saturated heterocycles. The van der Waals surface area contributed by atoms with E-state index in [0.29, 0.717) is 22.8 Å². The van der Waals surface area contributed by atoms with Crippen molar-refractivity contribution in [2.24, 2.45) is 0 Å². The fourth-order valence-corrected chi connectivity index (χ4v) is 3.05. The molecule has 0 spiro atoms. The summed E-state index contributed by atoms with van der Waals surface area (Å²) in [6.45, 7) is 2.18. The van der Waals surface area contributed by atoms with E-state index in [0.717, 1.165) is 14.5 Å². The molecule has 0 radical (unpaired) electrons. The van der Waals surface area contributed by atoms with Crippen molar-refractivity contribution >= 4 is 54.8 Å². The molecule has 0 aliphatic carbocycles. The molecule has 2 aromatic rings. The lowest BCUT2D eigenvalue weighted by molar-refractivity contribution is -0.385. The number of nitrogens with zero attached hydrogens (tertiary/aromatic N) is 1. The molecule has 0 unspecified atom stereocenters. The third kappa shape index (κ3) is 3.96. The maximum Gasteiger partial charge on any atom is 0.274 e. The zero-order valence-corrected chi connectivity index (χ0v) is 14.9. The van der Waals surface area contributed by atoms with Crippen LogP contribution in [0.5, 0.6) is 0 Å². The first-order chi connectivity index (χ1) is 9.88. The van der Waals surface area contributed by atoms with Gasteiger partial charge in [-0.1, -0.05) is 27.5 Å². The van der Waals surface area contributed by atoms with E-state index in [1.807, 2.05) is 12.1 Å². The summed E-state index contributed by atoms with van der Waals surface area (Å²) < 4.78 is 1.70. The SMILES string of the molecule is Cc1cc(Br)c(NCc2cc(Br)ccc2Cl)cc1[N+](=O)[O-]. The van der Waals surface area contributed by atoms with Gasteiger partial charge in [-0.2, -0.15) is 0 Å². The van der Waals surface area contributed by atoms with E-state index in [1.165, 1.54) is 6.07 Å². The summed E-state index contributed by atoms with van der Waals surface area (Å²) in [7, 11) is 0. The molecule has 0 amide bonds. The second-order valence-corrected chi connectivity index (χ2v) is 6.64. The number of nitrogens with one attached hydrogen (secondary N) is 1. The smallest absolute Gasteiger partial charge is 0.274 e. The van der Waals surface area contributed by atoms with Gasteiger partial charge in [0.05, 0.1) is 10.6 Å². The molecule has 0 aromatic heterocycles. The average Bonchev–Trinajstić information content (AvgIpc) is 2.41. The van der Waals surface area contributed by atoms with E-state index < -0.39 is 0 Å². The summed E-state index contributed by atoms with van der Waals surface area (Å²) in [6, 6.07) is 8.81. The van der Waals surface area contributed by atoms with E-state index in [-0.39, 0.29) is 10.6 Å². The van der Waals surface area contributed by atoms with Crippen molar-refractivity contribution < 1.29 is 4.92 Å². The van der Waals surface area contributed by atoms with Crippen molar-refractivity contribution in [1.82, 2.24) is 0 Å². The predicted octanol–water partition coefficient (Wildman–Crippen LogP) is 5.69. The summed E-state index contributed by atoms with van der Waals surface area (Å²) in [4.78, 5) is 10.6. The highest BCUT2D eigenvalue weighted by atomic mass is 79.9. The number of halogens is 3. The summed E-state index contributed by atoms with van der Waals surface area (Å²) in [6.07, 6.45) is 0. The third-order valence-corrected chi connectivity index (χ3v) is 4.48. The minimum Gasteiger partial charge on any atom is -0.380 e. The maximum atomic E-state index is 11.0. The molecule has 4 nitrogen and oxygen atoms in total. The molecule has 0 saturated carbocycles. The number of hydrogen-bond acceptors (Lipinski definition) is 3. The van der Waals surface area contributed by atoms with Crippen molar-refractivity contribution in [1.29, 1.82) is 0 Å². The average molecular weight is 435 g/mol. The summed E-state index contributed by atoms with van der Waals surface area (Å²) in [5.74, 6) is 0. The van der Waals surface area contributed by atoms with Crippen LogP contribution in [-0.2, 0) is 6.54 Å². The minimum atomic E-state index is -0.390. The summed E-state index contributed by atoms with van der Waals surface area (Å²) >= 11 is 12.9. The Morgan fingerprint density at radius 3 is 2.67 bits per heavy atom. The Balaban J connectivity index is 2.25. The predicted molar refractivity (Wildman–Crippen MR) is 92.0 cm³/mol. The maximum absolute atomic E-state index is 11.0. The molecule has 21 heavy (non-hydrogen) atoms. The van der Waals surface area contributed by atoms with Crippen LogP contribution in [0.25, 0.3) is 0 Å². The lowest BCUT2D eigenvalue weighted by Gasteiger charge is -2.11. The number of anilines is 1. The van der Waals surface area contributed by atoms with Crippen LogP contribution < -0.4 is 5.32 Å². The van der Waals surface area contributed by atoms with Gasteiger partial charge in [-0.15, -0.1) is 0 Å². The Bertz CT molecular complexity index is 708. The van der Waals surface area contributed by atoms with E-state index in [9.17, 15) is 10.1 Å². The van der Waals surface area contributed by atoms with Gasteiger partial charge in [0.1, 0.15) is 0 Å². The van der Waals surface area contributed by atoms with Crippen molar-refractivity contribution in [3.05, 3.63) is 65.5 Å². The van der Waals surface area contributed by atoms with Crippen molar-refractivity contribution in [2.75, 3.05) is 5.32 Å². The highest BCUT2D eigenvalue weighted by molar-refractivity contribution is 9.10. The van der Waals surface area contributed by atoms with Gasteiger partial charge in [0.2, 0.25) is 0 Å². The number of nitro groups is 1. The molecular weight excluding hydrogens is 423 g/mol. The molecule has 2 aromatic carbocycles. The lowest BCUT2D eigenvalue weighted by Crippen LogP contribution is -2.02. The largest absolute Gasteiger partial charge is 0.380 e. The van der Waals surface area contributed by atoms with Crippen LogP contribution in [-0.4, -0.2) is 4.92 Å². The molecule has 0 aliphatic heterocycles. The molecule has 0 atom stereocenters. The van der Waals surface area contributed by atoms with Gasteiger partial charge in [-0.3, -0.25) is 10.1 Å². The Kier molecular flexibility index (Phi) is 5.24. The molecular formula is C14H11Br2ClN2O2.